The summed E-state index contributed by atoms with van der Waals surface area (Å²) in [5.74, 6) is -0.203. The third-order valence-corrected chi connectivity index (χ3v) is 5.10. The predicted molar refractivity (Wildman–Crippen MR) is 101 cm³/mol. The lowest BCUT2D eigenvalue weighted by molar-refractivity contribution is 0.0836. The van der Waals surface area contributed by atoms with E-state index in [1.807, 2.05) is 0 Å². The van der Waals surface area contributed by atoms with Gasteiger partial charge in [0.25, 0.3) is 5.91 Å². The maximum absolute atomic E-state index is 12.5. The molecule has 1 amide bonds. The Bertz CT molecular complexity index is 621. The van der Waals surface area contributed by atoms with Crippen molar-refractivity contribution in [3.05, 3.63) is 29.8 Å². The number of amides is 1. The number of nitrogens with two attached hydrogens (primary N) is 1. The van der Waals surface area contributed by atoms with E-state index in [0.717, 1.165) is 45.2 Å². The first-order chi connectivity index (χ1) is 11.8. The molecule has 1 rings (SSSR count). The van der Waals surface area contributed by atoms with Crippen molar-refractivity contribution in [2.24, 2.45) is 5.14 Å². The van der Waals surface area contributed by atoms with Crippen LogP contribution in [0.5, 0.6) is 0 Å². The van der Waals surface area contributed by atoms with Gasteiger partial charge in [-0.25, -0.2) is 13.6 Å². The van der Waals surface area contributed by atoms with Crippen LogP contribution in [0.1, 0.15) is 63.2 Å². The maximum atomic E-state index is 12.5. The number of hydrogen-bond donors (Lipinski definition) is 2. The van der Waals surface area contributed by atoms with Crippen LogP contribution >= 0.6 is 0 Å². The number of sulfonamides is 1. The maximum Gasteiger partial charge on any atom is 0.252 e. The molecule has 0 bridgehead atoms. The molecule has 1 aromatic rings. The number of carbonyl (C=O) groups is 1. The van der Waals surface area contributed by atoms with E-state index in [2.05, 4.69) is 31.0 Å². The van der Waals surface area contributed by atoms with Gasteiger partial charge in [-0.05, 0) is 43.5 Å². The van der Waals surface area contributed by atoms with Crippen LogP contribution in [-0.4, -0.2) is 38.5 Å². The smallest absolute Gasteiger partial charge is 0.252 e. The summed E-state index contributed by atoms with van der Waals surface area (Å²) in [5, 5.41) is 8.15. The summed E-state index contributed by atoms with van der Waals surface area (Å²) >= 11 is 0. The molecule has 0 heterocycles. The molecule has 0 fully saturated rings. The highest BCUT2D eigenvalue weighted by atomic mass is 32.2. The Kier molecular flexibility index (Phi) is 9.10. The van der Waals surface area contributed by atoms with Crippen LogP contribution in [0, 0.1) is 0 Å². The van der Waals surface area contributed by atoms with Crippen LogP contribution in [0.25, 0.3) is 0 Å². The van der Waals surface area contributed by atoms with Gasteiger partial charge in [-0.3, -0.25) is 9.69 Å². The number of nitrogens with one attached hydrogen (secondary N) is 1. The van der Waals surface area contributed by atoms with Crippen molar-refractivity contribution in [2.75, 3.05) is 13.1 Å². The van der Waals surface area contributed by atoms with Crippen LogP contribution in [0.4, 0.5) is 0 Å². The van der Waals surface area contributed by atoms with Gasteiger partial charge in [0.1, 0.15) is 0 Å². The van der Waals surface area contributed by atoms with E-state index >= 15 is 0 Å². The second kappa shape index (κ2) is 10.5. The Morgan fingerprint density at radius 2 is 1.60 bits per heavy atom. The SMILES string of the molecule is CCCCN(CCCC)C(CC)NC(=O)c1ccc(S(N)(=O)=O)cc1. The molecule has 0 radical (unpaired) electrons. The molecule has 7 heteroatoms. The highest BCUT2D eigenvalue weighted by molar-refractivity contribution is 7.89. The van der Waals surface area contributed by atoms with E-state index in [-0.39, 0.29) is 17.0 Å². The Morgan fingerprint density at radius 1 is 1.08 bits per heavy atom. The average molecular weight is 370 g/mol. The molecule has 25 heavy (non-hydrogen) atoms. The van der Waals surface area contributed by atoms with E-state index in [1.165, 1.54) is 24.3 Å². The van der Waals surface area contributed by atoms with Gasteiger partial charge in [0.15, 0.2) is 0 Å². The lowest BCUT2D eigenvalue weighted by Crippen LogP contribution is -2.48. The molecule has 1 aromatic carbocycles. The summed E-state index contributed by atoms with van der Waals surface area (Å²) in [7, 11) is -3.75. The Hall–Kier alpha value is -1.44. The fourth-order valence-electron chi connectivity index (χ4n) is 2.63. The van der Waals surface area contributed by atoms with E-state index in [0.29, 0.717) is 5.56 Å². The molecule has 1 atom stereocenters. The third kappa shape index (κ3) is 7.13. The molecule has 0 aliphatic rings. The van der Waals surface area contributed by atoms with Crippen molar-refractivity contribution in [1.29, 1.82) is 0 Å². The van der Waals surface area contributed by atoms with Crippen molar-refractivity contribution in [2.45, 2.75) is 63.9 Å². The molecule has 1 unspecified atom stereocenters. The summed E-state index contributed by atoms with van der Waals surface area (Å²) in [6.07, 6.45) is 5.21. The van der Waals surface area contributed by atoms with Crippen LogP contribution in [0.2, 0.25) is 0 Å². The Balaban J connectivity index is 2.81. The number of hydrogen-bond acceptors (Lipinski definition) is 4. The topological polar surface area (TPSA) is 92.5 Å². The van der Waals surface area contributed by atoms with Gasteiger partial charge in [-0.15, -0.1) is 0 Å². The van der Waals surface area contributed by atoms with Gasteiger partial charge in [0, 0.05) is 18.7 Å². The minimum atomic E-state index is -3.75. The van der Waals surface area contributed by atoms with Crippen LogP contribution in [0.15, 0.2) is 29.2 Å². The highest BCUT2D eigenvalue weighted by Gasteiger charge is 2.19. The van der Waals surface area contributed by atoms with Crippen LogP contribution in [-0.2, 0) is 10.0 Å². The zero-order valence-electron chi connectivity index (χ0n) is 15.5. The van der Waals surface area contributed by atoms with E-state index in [4.69, 9.17) is 5.14 Å². The lowest BCUT2D eigenvalue weighted by atomic mass is 10.2. The Labute approximate surface area is 151 Å². The molecular formula is C18H31N3O3S. The number of rotatable bonds is 11. The van der Waals surface area contributed by atoms with Crippen molar-refractivity contribution in [3.63, 3.8) is 0 Å². The largest absolute Gasteiger partial charge is 0.337 e. The molecule has 0 aromatic heterocycles. The quantitative estimate of drug-likeness (QED) is 0.587. The fourth-order valence-corrected chi connectivity index (χ4v) is 3.14. The summed E-state index contributed by atoms with van der Waals surface area (Å²) in [6, 6.07) is 5.70. The number of primary sulfonamides is 1. The van der Waals surface area contributed by atoms with E-state index < -0.39 is 10.0 Å². The van der Waals surface area contributed by atoms with E-state index in [1.54, 1.807) is 0 Å². The van der Waals surface area contributed by atoms with Gasteiger partial charge in [0.05, 0.1) is 11.1 Å². The standard InChI is InChI=1S/C18H31N3O3S/c1-4-7-13-21(14-8-5-2)17(6-3)20-18(22)15-9-11-16(12-10-15)25(19,23)24/h9-12,17H,4-8,13-14H2,1-3H3,(H,20,22)(H2,19,23,24). The molecular weight excluding hydrogens is 338 g/mol. The number of carbonyl (C=O) groups excluding carboxylic acids is 1. The number of unbranched alkanes of at least 4 members (excludes halogenated alkanes) is 2. The van der Waals surface area contributed by atoms with E-state index in [9.17, 15) is 13.2 Å². The molecule has 0 spiro atoms. The number of nitrogens with zero attached hydrogens (tertiary/aromatic N) is 1. The first kappa shape index (κ1) is 21.6. The second-order valence-electron chi connectivity index (χ2n) is 6.21. The summed E-state index contributed by atoms with van der Waals surface area (Å²) < 4.78 is 22.6. The predicted octanol–water partition coefficient (Wildman–Crippen LogP) is 2.70. The normalized spacial score (nSPS) is 13.0. The van der Waals surface area contributed by atoms with Crippen molar-refractivity contribution in [3.8, 4) is 0 Å². The zero-order chi connectivity index (χ0) is 18.9. The zero-order valence-corrected chi connectivity index (χ0v) is 16.3. The van der Waals surface area contributed by atoms with Gasteiger partial charge < -0.3 is 5.32 Å². The monoisotopic (exact) mass is 369 g/mol. The van der Waals surface area contributed by atoms with Gasteiger partial charge in [0.2, 0.25) is 10.0 Å². The molecule has 6 nitrogen and oxygen atoms in total. The van der Waals surface area contributed by atoms with Crippen LogP contribution < -0.4 is 10.5 Å². The minimum absolute atomic E-state index is 0.00334. The van der Waals surface area contributed by atoms with Crippen molar-refractivity contribution >= 4 is 15.9 Å². The van der Waals surface area contributed by atoms with Crippen molar-refractivity contribution in [1.82, 2.24) is 10.2 Å². The lowest BCUT2D eigenvalue weighted by Gasteiger charge is -2.31. The molecule has 0 aliphatic heterocycles. The average Bonchev–Trinajstić information content (AvgIpc) is 2.59. The second-order valence-corrected chi connectivity index (χ2v) is 7.77. The first-order valence-corrected chi connectivity index (χ1v) is 10.6. The van der Waals surface area contributed by atoms with Crippen LogP contribution in [0.3, 0.4) is 0 Å². The Morgan fingerprint density at radius 3 is 2.00 bits per heavy atom. The van der Waals surface area contributed by atoms with Gasteiger partial charge >= 0.3 is 0 Å². The highest BCUT2D eigenvalue weighted by Crippen LogP contribution is 2.11. The third-order valence-electron chi connectivity index (χ3n) is 4.17. The van der Waals surface area contributed by atoms with Gasteiger partial charge in [-0.2, -0.15) is 0 Å². The molecule has 0 aliphatic carbocycles. The first-order valence-electron chi connectivity index (χ1n) is 9.01. The van der Waals surface area contributed by atoms with Gasteiger partial charge in [-0.1, -0.05) is 33.6 Å². The summed E-state index contributed by atoms with van der Waals surface area (Å²) in [4.78, 5) is 14.8. The van der Waals surface area contributed by atoms with Crippen molar-refractivity contribution < 1.29 is 13.2 Å². The summed E-state index contributed by atoms with van der Waals surface area (Å²) in [5.41, 5.74) is 0.428. The molecule has 3 N–H and O–H groups in total. The molecule has 0 saturated heterocycles. The summed E-state index contributed by atoms with van der Waals surface area (Å²) in [6.45, 7) is 8.29. The minimum Gasteiger partial charge on any atom is -0.337 e. The molecule has 0 saturated carbocycles. The molecule has 142 valence electrons. The number of benzene rings is 1. The fraction of sp³-hybridized carbons (Fsp3) is 0.611.